The molecule has 1 heterocycles. The van der Waals surface area contributed by atoms with Gasteiger partial charge in [-0.3, -0.25) is 4.79 Å². The average molecular weight is 278 g/mol. The van der Waals surface area contributed by atoms with E-state index in [1.54, 1.807) is 12.1 Å². The van der Waals surface area contributed by atoms with Gasteiger partial charge in [0.25, 0.3) is 0 Å². The Bertz CT molecular complexity index is 485. The number of nitrogens with one attached hydrogen (secondary N) is 1. The maximum Gasteiger partial charge on any atom is 0.225 e. The van der Waals surface area contributed by atoms with Crippen LogP contribution in [0.2, 0.25) is 0 Å². The predicted molar refractivity (Wildman–Crippen MR) is 77.5 cm³/mol. The minimum atomic E-state index is -0.498. The lowest BCUT2D eigenvalue weighted by atomic mass is 9.74. The molecule has 0 aromatic heterocycles. The lowest BCUT2D eigenvalue weighted by Crippen LogP contribution is -2.50. The molecule has 4 heteroatoms. The van der Waals surface area contributed by atoms with Crippen molar-refractivity contribution >= 4 is 5.91 Å². The summed E-state index contributed by atoms with van der Waals surface area (Å²) < 4.78 is 13.3. The van der Waals surface area contributed by atoms with E-state index in [-0.39, 0.29) is 23.8 Å². The van der Waals surface area contributed by atoms with Crippen LogP contribution >= 0.6 is 0 Å². The van der Waals surface area contributed by atoms with Gasteiger partial charge in [-0.05, 0) is 43.4 Å². The third kappa shape index (κ3) is 2.57. The molecule has 0 aliphatic carbocycles. The van der Waals surface area contributed by atoms with E-state index in [9.17, 15) is 9.18 Å². The van der Waals surface area contributed by atoms with Crippen molar-refractivity contribution in [2.24, 2.45) is 11.1 Å². The summed E-state index contributed by atoms with van der Waals surface area (Å²) in [5, 5.41) is 3.49. The molecule has 1 amide bonds. The van der Waals surface area contributed by atoms with Gasteiger partial charge in [-0.25, -0.2) is 4.39 Å². The molecular weight excluding hydrogens is 255 g/mol. The fraction of sp³-hybridized carbons (Fsp3) is 0.562. The van der Waals surface area contributed by atoms with E-state index < -0.39 is 5.41 Å². The number of carbonyl (C=O) groups excluding carboxylic acids is 1. The van der Waals surface area contributed by atoms with Crippen molar-refractivity contribution in [2.75, 3.05) is 0 Å². The Balaban J connectivity index is 2.17. The van der Waals surface area contributed by atoms with Crippen molar-refractivity contribution in [3.05, 3.63) is 35.6 Å². The van der Waals surface area contributed by atoms with Gasteiger partial charge >= 0.3 is 0 Å². The van der Waals surface area contributed by atoms with E-state index in [0.29, 0.717) is 0 Å². The fourth-order valence-electron chi connectivity index (χ4n) is 3.43. The molecule has 0 saturated carbocycles. The van der Waals surface area contributed by atoms with E-state index >= 15 is 0 Å². The van der Waals surface area contributed by atoms with Crippen LogP contribution in [0.5, 0.6) is 0 Å². The number of hydrogen-bond donors (Lipinski definition) is 2. The van der Waals surface area contributed by atoms with E-state index in [4.69, 9.17) is 5.73 Å². The van der Waals surface area contributed by atoms with Gasteiger partial charge in [0, 0.05) is 12.1 Å². The van der Waals surface area contributed by atoms with Gasteiger partial charge in [-0.2, -0.15) is 0 Å². The minimum Gasteiger partial charge on any atom is -0.369 e. The average Bonchev–Trinajstić information content (AvgIpc) is 2.91. The molecule has 1 fully saturated rings. The van der Waals surface area contributed by atoms with E-state index in [1.165, 1.54) is 6.07 Å². The fourth-order valence-corrected chi connectivity index (χ4v) is 3.43. The van der Waals surface area contributed by atoms with Crippen LogP contribution < -0.4 is 11.1 Å². The molecule has 1 aromatic carbocycles. The Morgan fingerprint density at radius 2 is 2.10 bits per heavy atom. The molecule has 1 aliphatic heterocycles. The second kappa shape index (κ2) is 5.92. The highest BCUT2D eigenvalue weighted by molar-refractivity contribution is 5.81. The minimum absolute atomic E-state index is 0.0725. The lowest BCUT2D eigenvalue weighted by Gasteiger charge is -2.35. The van der Waals surface area contributed by atoms with Crippen LogP contribution in [-0.4, -0.2) is 11.9 Å². The first kappa shape index (κ1) is 15.0. The summed E-state index contributed by atoms with van der Waals surface area (Å²) in [6.45, 7) is 4.01. The largest absolute Gasteiger partial charge is 0.369 e. The Hall–Kier alpha value is -1.42. The number of halogens is 1. The monoisotopic (exact) mass is 278 g/mol. The molecule has 0 radical (unpaired) electrons. The number of nitrogens with two attached hydrogens (primary N) is 1. The summed E-state index contributed by atoms with van der Waals surface area (Å²) >= 11 is 0. The molecule has 3 N–H and O–H groups in total. The van der Waals surface area contributed by atoms with Gasteiger partial charge < -0.3 is 11.1 Å². The highest BCUT2D eigenvalue weighted by Gasteiger charge is 2.44. The molecule has 1 saturated heterocycles. The summed E-state index contributed by atoms with van der Waals surface area (Å²) in [4.78, 5) is 11.9. The molecule has 0 unspecified atom stereocenters. The second-order valence-corrected chi connectivity index (χ2v) is 5.63. The van der Waals surface area contributed by atoms with E-state index in [1.807, 2.05) is 19.9 Å². The zero-order chi connectivity index (χ0) is 14.8. The van der Waals surface area contributed by atoms with Crippen molar-refractivity contribution in [1.82, 2.24) is 5.32 Å². The topological polar surface area (TPSA) is 55.1 Å². The number of primary amides is 1. The highest BCUT2D eigenvalue weighted by atomic mass is 19.1. The molecule has 1 aromatic rings. The first-order valence-corrected chi connectivity index (χ1v) is 7.35. The first-order chi connectivity index (χ1) is 9.53. The smallest absolute Gasteiger partial charge is 0.225 e. The molecule has 0 bridgehead atoms. The van der Waals surface area contributed by atoms with Crippen LogP contribution in [0.15, 0.2) is 24.3 Å². The third-order valence-electron chi connectivity index (χ3n) is 4.82. The zero-order valence-electron chi connectivity index (χ0n) is 12.2. The normalized spacial score (nSPS) is 22.9. The van der Waals surface area contributed by atoms with Gasteiger partial charge in [-0.1, -0.05) is 26.0 Å². The van der Waals surface area contributed by atoms with Crippen LogP contribution in [0, 0.1) is 11.2 Å². The molecule has 2 rings (SSSR count). The lowest BCUT2D eigenvalue weighted by molar-refractivity contribution is -0.129. The van der Waals surface area contributed by atoms with E-state index in [2.05, 4.69) is 5.32 Å². The summed E-state index contributed by atoms with van der Waals surface area (Å²) in [7, 11) is 0. The van der Waals surface area contributed by atoms with Crippen molar-refractivity contribution in [2.45, 2.75) is 51.6 Å². The van der Waals surface area contributed by atoms with Gasteiger partial charge in [0.05, 0.1) is 5.41 Å². The quantitative estimate of drug-likeness (QED) is 0.870. The van der Waals surface area contributed by atoms with Crippen LogP contribution in [0.1, 0.15) is 51.1 Å². The Morgan fingerprint density at radius 1 is 1.40 bits per heavy atom. The third-order valence-corrected chi connectivity index (χ3v) is 4.82. The molecule has 2 atom stereocenters. The molecule has 3 nitrogen and oxygen atoms in total. The molecule has 20 heavy (non-hydrogen) atoms. The molecule has 0 spiro atoms. The van der Waals surface area contributed by atoms with Crippen LogP contribution in [0.3, 0.4) is 0 Å². The van der Waals surface area contributed by atoms with Crippen molar-refractivity contribution in [3.8, 4) is 0 Å². The Morgan fingerprint density at radius 3 is 2.65 bits per heavy atom. The number of rotatable bonds is 5. The second-order valence-electron chi connectivity index (χ2n) is 5.63. The van der Waals surface area contributed by atoms with E-state index in [0.717, 1.165) is 31.2 Å². The summed E-state index contributed by atoms with van der Waals surface area (Å²) in [6, 6.07) is 6.83. The molecular formula is C16H23FN2O. The standard InChI is InChI=1S/C16H23FN2O/c1-3-16(4-2,15(18)20)14-9-8-13(19-14)11-6-5-7-12(17)10-11/h5-7,10,13-14,19H,3-4,8-9H2,1-2H3,(H2,18,20)/t13-,14+/m0/s1. The number of amides is 1. The molecule has 110 valence electrons. The number of benzene rings is 1. The van der Waals surface area contributed by atoms with Gasteiger partial charge in [0.15, 0.2) is 0 Å². The van der Waals surface area contributed by atoms with Gasteiger partial charge in [0.2, 0.25) is 5.91 Å². The Kier molecular flexibility index (Phi) is 4.43. The number of carbonyl (C=O) groups is 1. The maximum atomic E-state index is 13.3. The first-order valence-electron chi connectivity index (χ1n) is 7.35. The predicted octanol–water partition coefficient (Wildman–Crippen LogP) is 2.91. The SMILES string of the molecule is CCC(CC)(C(N)=O)[C@H]1CC[C@@H](c2cccc(F)c2)N1. The highest BCUT2D eigenvalue weighted by Crippen LogP contribution is 2.39. The van der Waals surface area contributed by atoms with Crippen LogP contribution in [0.25, 0.3) is 0 Å². The van der Waals surface area contributed by atoms with Crippen LogP contribution in [0.4, 0.5) is 4.39 Å². The van der Waals surface area contributed by atoms with Gasteiger partial charge in [0.1, 0.15) is 5.82 Å². The van der Waals surface area contributed by atoms with Crippen LogP contribution in [-0.2, 0) is 4.79 Å². The number of hydrogen-bond acceptors (Lipinski definition) is 2. The van der Waals surface area contributed by atoms with Crippen molar-refractivity contribution < 1.29 is 9.18 Å². The zero-order valence-corrected chi connectivity index (χ0v) is 12.2. The summed E-state index contributed by atoms with van der Waals surface area (Å²) in [5.74, 6) is -0.459. The summed E-state index contributed by atoms with van der Waals surface area (Å²) in [6.07, 6.45) is 3.26. The molecule has 1 aliphatic rings. The Labute approximate surface area is 119 Å². The van der Waals surface area contributed by atoms with Gasteiger partial charge in [-0.15, -0.1) is 0 Å². The maximum absolute atomic E-state index is 13.3. The van der Waals surface area contributed by atoms with Crippen molar-refractivity contribution in [3.63, 3.8) is 0 Å². The summed E-state index contributed by atoms with van der Waals surface area (Å²) in [5.41, 5.74) is 6.09. The van der Waals surface area contributed by atoms with Crippen molar-refractivity contribution in [1.29, 1.82) is 0 Å².